The van der Waals surface area contributed by atoms with Gasteiger partial charge in [0, 0.05) is 18.1 Å². The van der Waals surface area contributed by atoms with E-state index in [1.165, 1.54) is 12.8 Å². The lowest BCUT2D eigenvalue weighted by Crippen LogP contribution is -2.25. The molecule has 1 saturated heterocycles. The van der Waals surface area contributed by atoms with Crippen molar-refractivity contribution in [3.8, 4) is 11.8 Å². The highest BCUT2D eigenvalue weighted by Crippen LogP contribution is 2.33. The molecule has 0 amide bonds. The molecule has 3 aromatic rings. The van der Waals surface area contributed by atoms with Crippen LogP contribution in [0.1, 0.15) is 18.5 Å². The first-order valence-corrected chi connectivity index (χ1v) is 7.87. The number of pyridine rings is 2. The highest BCUT2D eigenvalue weighted by atomic mass is 16.5. The van der Waals surface area contributed by atoms with E-state index in [0.717, 1.165) is 41.6 Å². The number of nitrogens with one attached hydrogen (secondary N) is 1. The van der Waals surface area contributed by atoms with Gasteiger partial charge >= 0.3 is 0 Å². The molecule has 3 aromatic heterocycles. The van der Waals surface area contributed by atoms with E-state index in [9.17, 15) is 5.26 Å². The van der Waals surface area contributed by atoms with Gasteiger partial charge in [-0.15, -0.1) is 0 Å². The Kier molecular flexibility index (Phi) is 3.56. The molecule has 4 heterocycles. The molecule has 1 fully saturated rings. The van der Waals surface area contributed by atoms with E-state index >= 15 is 0 Å². The van der Waals surface area contributed by atoms with E-state index < -0.39 is 0 Å². The normalized spacial score (nSPS) is 15.3. The fourth-order valence-corrected chi connectivity index (χ4v) is 3.19. The lowest BCUT2D eigenvalue weighted by Gasteiger charge is -2.15. The number of likely N-dealkylation sites (tertiary alicyclic amines) is 1. The van der Waals surface area contributed by atoms with E-state index in [1.54, 1.807) is 12.4 Å². The highest BCUT2D eigenvalue weighted by molar-refractivity contribution is 6.09. The highest BCUT2D eigenvalue weighted by Gasteiger charge is 2.17. The number of fused-ring (bicyclic) bond motifs is 3. The number of aromatic amines is 1. The van der Waals surface area contributed by atoms with Crippen molar-refractivity contribution in [1.82, 2.24) is 19.9 Å². The average Bonchev–Trinajstić information content (AvgIpc) is 3.22. The Hall–Kier alpha value is -2.65. The molecule has 0 spiro atoms. The van der Waals surface area contributed by atoms with Gasteiger partial charge < -0.3 is 9.72 Å². The number of nitrogens with zero attached hydrogens (tertiary/aromatic N) is 4. The van der Waals surface area contributed by atoms with Crippen molar-refractivity contribution in [3.05, 3.63) is 30.2 Å². The van der Waals surface area contributed by atoms with Crippen molar-refractivity contribution >= 4 is 21.9 Å². The average molecular weight is 307 g/mol. The van der Waals surface area contributed by atoms with Gasteiger partial charge in [-0.25, -0.2) is 9.97 Å². The number of H-pyrrole nitrogens is 1. The summed E-state index contributed by atoms with van der Waals surface area (Å²) >= 11 is 0. The molecule has 0 unspecified atom stereocenters. The molecule has 0 bridgehead atoms. The SMILES string of the molecule is N#Cc1ncc2[nH]c3ncccc3c2c1OCCN1CCCC1. The first kappa shape index (κ1) is 14.0. The van der Waals surface area contributed by atoms with Crippen LogP contribution in [0.5, 0.6) is 5.75 Å². The van der Waals surface area contributed by atoms with Crippen molar-refractivity contribution in [2.24, 2.45) is 0 Å². The molecule has 0 atom stereocenters. The summed E-state index contributed by atoms with van der Waals surface area (Å²) in [7, 11) is 0. The smallest absolute Gasteiger partial charge is 0.183 e. The molecular formula is C17H17N5O. The maximum atomic E-state index is 9.37. The van der Waals surface area contributed by atoms with Crippen LogP contribution >= 0.6 is 0 Å². The van der Waals surface area contributed by atoms with Crippen molar-refractivity contribution in [1.29, 1.82) is 5.26 Å². The van der Waals surface area contributed by atoms with Crippen LogP contribution in [-0.4, -0.2) is 46.1 Å². The van der Waals surface area contributed by atoms with Gasteiger partial charge in [-0.1, -0.05) is 0 Å². The van der Waals surface area contributed by atoms with Crippen LogP contribution in [-0.2, 0) is 0 Å². The van der Waals surface area contributed by atoms with Crippen LogP contribution in [0.4, 0.5) is 0 Å². The summed E-state index contributed by atoms with van der Waals surface area (Å²) in [5, 5.41) is 11.2. The topological polar surface area (TPSA) is 77.8 Å². The Labute approximate surface area is 133 Å². The lowest BCUT2D eigenvalue weighted by molar-refractivity contribution is 0.238. The molecule has 1 N–H and O–H groups in total. The van der Waals surface area contributed by atoms with Gasteiger partial charge in [-0.05, 0) is 38.1 Å². The van der Waals surface area contributed by atoms with Gasteiger partial charge in [0.25, 0.3) is 0 Å². The molecule has 1 aliphatic rings. The van der Waals surface area contributed by atoms with Crippen molar-refractivity contribution in [2.45, 2.75) is 12.8 Å². The Balaban J connectivity index is 1.71. The van der Waals surface area contributed by atoms with E-state index in [1.807, 2.05) is 12.1 Å². The Bertz CT molecular complexity index is 889. The summed E-state index contributed by atoms with van der Waals surface area (Å²) in [5.41, 5.74) is 1.95. The Morgan fingerprint density at radius 3 is 3.00 bits per heavy atom. The number of hydrogen-bond donors (Lipinski definition) is 1. The number of rotatable bonds is 4. The summed E-state index contributed by atoms with van der Waals surface area (Å²) in [6, 6.07) is 6.00. The minimum atomic E-state index is 0.323. The van der Waals surface area contributed by atoms with Gasteiger partial charge in [0.2, 0.25) is 0 Å². The molecule has 0 aromatic carbocycles. The van der Waals surface area contributed by atoms with Gasteiger partial charge in [0.1, 0.15) is 18.3 Å². The predicted molar refractivity (Wildman–Crippen MR) is 87.3 cm³/mol. The summed E-state index contributed by atoms with van der Waals surface area (Å²) in [5.74, 6) is 0.559. The van der Waals surface area contributed by atoms with Gasteiger partial charge in [0.05, 0.1) is 17.1 Å². The van der Waals surface area contributed by atoms with E-state index in [0.29, 0.717) is 18.1 Å². The zero-order valence-electron chi connectivity index (χ0n) is 12.7. The zero-order valence-corrected chi connectivity index (χ0v) is 12.7. The summed E-state index contributed by atoms with van der Waals surface area (Å²) < 4.78 is 6.00. The third kappa shape index (κ3) is 2.49. The van der Waals surface area contributed by atoms with Gasteiger partial charge in [-0.2, -0.15) is 5.26 Å². The maximum absolute atomic E-state index is 9.37. The van der Waals surface area contributed by atoms with Crippen molar-refractivity contribution < 1.29 is 4.74 Å². The lowest BCUT2D eigenvalue weighted by atomic mass is 10.2. The van der Waals surface area contributed by atoms with Crippen LogP contribution in [0.2, 0.25) is 0 Å². The third-order valence-electron chi connectivity index (χ3n) is 4.32. The summed E-state index contributed by atoms with van der Waals surface area (Å²) in [4.78, 5) is 14.2. The first-order valence-electron chi connectivity index (χ1n) is 7.87. The minimum absolute atomic E-state index is 0.323. The third-order valence-corrected chi connectivity index (χ3v) is 4.32. The van der Waals surface area contributed by atoms with E-state index in [2.05, 4.69) is 25.9 Å². The minimum Gasteiger partial charge on any atom is -0.488 e. The van der Waals surface area contributed by atoms with E-state index in [-0.39, 0.29) is 0 Å². The fourth-order valence-electron chi connectivity index (χ4n) is 3.19. The largest absolute Gasteiger partial charge is 0.488 e. The molecule has 1 aliphatic heterocycles. The standard InChI is InChI=1S/C17H17N5O/c18-10-13-16(23-9-8-22-6-1-2-7-22)15-12-4-3-5-19-17(12)21-14(15)11-20-13/h3-5,11H,1-2,6-9H2,(H,19,21). The molecule has 4 rings (SSSR count). The molecule has 6 heteroatoms. The van der Waals surface area contributed by atoms with Crippen LogP contribution in [0.3, 0.4) is 0 Å². The first-order chi connectivity index (χ1) is 11.4. The van der Waals surface area contributed by atoms with Crippen LogP contribution in [0, 0.1) is 11.3 Å². The van der Waals surface area contributed by atoms with Gasteiger partial charge in [0.15, 0.2) is 11.4 Å². The molecule has 0 saturated carbocycles. The Morgan fingerprint density at radius 1 is 1.30 bits per heavy atom. The second kappa shape index (κ2) is 5.86. The molecule has 0 radical (unpaired) electrons. The summed E-state index contributed by atoms with van der Waals surface area (Å²) in [6.07, 6.45) is 5.93. The quantitative estimate of drug-likeness (QED) is 0.801. The molecule has 116 valence electrons. The van der Waals surface area contributed by atoms with Crippen LogP contribution in [0.25, 0.3) is 21.9 Å². The van der Waals surface area contributed by atoms with Crippen LogP contribution in [0.15, 0.2) is 24.5 Å². The van der Waals surface area contributed by atoms with E-state index in [4.69, 9.17) is 4.74 Å². The molecule has 0 aliphatic carbocycles. The number of nitriles is 1. The van der Waals surface area contributed by atoms with Crippen LogP contribution < -0.4 is 4.74 Å². The predicted octanol–water partition coefficient (Wildman–Crippen LogP) is 2.46. The molecule has 23 heavy (non-hydrogen) atoms. The summed E-state index contributed by atoms with van der Waals surface area (Å²) in [6.45, 7) is 3.70. The second-order valence-corrected chi connectivity index (χ2v) is 5.76. The Morgan fingerprint density at radius 2 is 2.17 bits per heavy atom. The number of hydrogen-bond acceptors (Lipinski definition) is 5. The fraction of sp³-hybridized carbons (Fsp3) is 0.353. The molecule has 6 nitrogen and oxygen atoms in total. The maximum Gasteiger partial charge on any atom is 0.183 e. The van der Waals surface area contributed by atoms with Crippen molar-refractivity contribution in [2.75, 3.05) is 26.2 Å². The number of aromatic nitrogens is 3. The monoisotopic (exact) mass is 307 g/mol. The molecular weight excluding hydrogens is 290 g/mol. The second-order valence-electron chi connectivity index (χ2n) is 5.76. The zero-order chi connectivity index (χ0) is 15.6. The number of ether oxygens (including phenoxy) is 1. The van der Waals surface area contributed by atoms with Gasteiger partial charge in [-0.3, -0.25) is 4.90 Å². The van der Waals surface area contributed by atoms with Crippen molar-refractivity contribution in [3.63, 3.8) is 0 Å².